The van der Waals surface area contributed by atoms with Gasteiger partial charge in [-0.3, -0.25) is 9.10 Å². The fourth-order valence-corrected chi connectivity index (χ4v) is 5.01. The van der Waals surface area contributed by atoms with Crippen LogP contribution in [0.5, 0.6) is 5.75 Å². The van der Waals surface area contributed by atoms with E-state index in [0.29, 0.717) is 15.9 Å². The zero-order chi connectivity index (χ0) is 22.4. The first-order valence-corrected chi connectivity index (χ1v) is 11.8. The van der Waals surface area contributed by atoms with Gasteiger partial charge in [0.15, 0.2) is 0 Å². The maximum Gasteiger partial charge on any atom is 0.264 e. The lowest BCUT2D eigenvalue weighted by Gasteiger charge is -2.25. The normalized spacial score (nSPS) is 12.1. The van der Waals surface area contributed by atoms with Crippen LogP contribution in [-0.4, -0.2) is 28.0 Å². The molecule has 0 aliphatic rings. The van der Waals surface area contributed by atoms with Crippen molar-refractivity contribution in [3.8, 4) is 5.75 Å². The van der Waals surface area contributed by atoms with Crippen LogP contribution in [0.15, 0.2) is 88.2 Å². The number of ether oxygens (including phenoxy) is 1. The Kier molecular flexibility index (Phi) is 7.35. The standard InChI is InChI=1S/C23H23BrN2O4S/c1-17(21-13-6-7-14-22(21)30-2)25-23(27)16-26(19-10-8-9-18(24)15-19)31(28,29)20-11-4-3-5-12-20/h3-15,17H,16H2,1-2H3,(H,25,27)/t17-/m1/s1. The minimum absolute atomic E-state index is 0.112. The van der Waals surface area contributed by atoms with Crippen LogP contribution in [0.3, 0.4) is 0 Å². The van der Waals surface area contributed by atoms with Gasteiger partial charge >= 0.3 is 0 Å². The molecule has 1 amide bonds. The molecular formula is C23H23BrN2O4S. The summed E-state index contributed by atoms with van der Waals surface area (Å²) in [5.74, 6) is 0.217. The molecule has 3 rings (SSSR count). The Morgan fingerprint density at radius 1 is 1.03 bits per heavy atom. The third kappa shape index (κ3) is 5.45. The molecule has 1 N–H and O–H groups in total. The van der Waals surface area contributed by atoms with Crippen molar-refractivity contribution in [2.45, 2.75) is 17.9 Å². The summed E-state index contributed by atoms with van der Waals surface area (Å²) in [6.07, 6.45) is 0. The van der Waals surface area contributed by atoms with Gasteiger partial charge in [0.1, 0.15) is 12.3 Å². The van der Waals surface area contributed by atoms with Crippen molar-refractivity contribution in [2.75, 3.05) is 18.0 Å². The molecule has 0 heterocycles. The van der Waals surface area contributed by atoms with Crippen molar-refractivity contribution in [2.24, 2.45) is 0 Å². The smallest absolute Gasteiger partial charge is 0.264 e. The fraction of sp³-hybridized carbons (Fsp3) is 0.174. The molecular weight excluding hydrogens is 480 g/mol. The highest BCUT2D eigenvalue weighted by molar-refractivity contribution is 9.10. The fourth-order valence-electron chi connectivity index (χ4n) is 3.19. The predicted octanol–water partition coefficient (Wildman–Crippen LogP) is 4.53. The Labute approximate surface area is 191 Å². The summed E-state index contributed by atoms with van der Waals surface area (Å²) in [6.45, 7) is 1.46. The second-order valence-corrected chi connectivity index (χ2v) is 9.61. The minimum atomic E-state index is -3.95. The summed E-state index contributed by atoms with van der Waals surface area (Å²) < 4.78 is 33.9. The van der Waals surface area contributed by atoms with Crippen molar-refractivity contribution >= 4 is 37.5 Å². The van der Waals surface area contributed by atoms with Gasteiger partial charge in [-0.15, -0.1) is 0 Å². The lowest BCUT2D eigenvalue weighted by molar-refractivity contribution is -0.120. The Bertz CT molecular complexity index is 1150. The highest BCUT2D eigenvalue weighted by Crippen LogP contribution is 2.27. The summed E-state index contributed by atoms with van der Waals surface area (Å²) in [5.41, 5.74) is 1.19. The highest BCUT2D eigenvalue weighted by atomic mass is 79.9. The number of anilines is 1. The number of sulfonamides is 1. The molecule has 162 valence electrons. The maximum atomic E-state index is 13.3. The molecule has 6 nitrogen and oxygen atoms in total. The number of nitrogens with zero attached hydrogens (tertiary/aromatic N) is 1. The first kappa shape index (κ1) is 22.8. The second-order valence-electron chi connectivity index (χ2n) is 6.84. The van der Waals surface area contributed by atoms with Crippen molar-refractivity contribution < 1.29 is 17.9 Å². The summed E-state index contributed by atoms with van der Waals surface area (Å²) in [5, 5.41) is 2.87. The third-order valence-corrected chi connectivity index (χ3v) is 6.98. The van der Waals surface area contributed by atoms with Crippen LogP contribution in [0.4, 0.5) is 5.69 Å². The summed E-state index contributed by atoms with van der Waals surface area (Å²) in [6, 6.07) is 21.9. The van der Waals surface area contributed by atoms with Gasteiger partial charge in [-0.05, 0) is 43.3 Å². The number of hydrogen-bond donors (Lipinski definition) is 1. The van der Waals surface area contributed by atoms with Gasteiger partial charge in [0.2, 0.25) is 5.91 Å². The van der Waals surface area contributed by atoms with Crippen molar-refractivity contribution in [3.63, 3.8) is 0 Å². The predicted molar refractivity (Wildman–Crippen MR) is 125 cm³/mol. The zero-order valence-corrected chi connectivity index (χ0v) is 19.6. The maximum absolute atomic E-state index is 13.3. The number of amides is 1. The molecule has 0 spiro atoms. The van der Waals surface area contributed by atoms with Gasteiger partial charge in [0.05, 0.1) is 23.7 Å². The molecule has 0 unspecified atom stereocenters. The number of methoxy groups -OCH3 is 1. The molecule has 3 aromatic rings. The molecule has 3 aromatic carbocycles. The van der Waals surface area contributed by atoms with Crippen LogP contribution in [0.25, 0.3) is 0 Å². The first-order chi connectivity index (χ1) is 14.8. The van der Waals surface area contributed by atoms with Gasteiger partial charge in [-0.1, -0.05) is 58.4 Å². The Hall–Kier alpha value is -2.84. The lowest BCUT2D eigenvalue weighted by Crippen LogP contribution is -2.41. The number of hydrogen-bond acceptors (Lipinski definition) is 4. The summed E-state index contributed by atoms with van der Waals surface area (Å²) in [7, 11) is -2.39. The second kappa shape index (κ2) is 9.98. The molecule has 0 bridgehead atoms. The summed E-state index contributed by atoms with van der Waals surface area (Å²) in [4.78, 5) is 13.0. The van der Waals surface area contributed by atoms with E-state index >= 15 is 0 Å². The molecule has 31 heavy (non-hydrogen) atoms. The van der Waals surface area contributed by atoms with Gasteiger partial charge in [0, 0.05) is 10.0 Å². The van der Waals surface area contributed by atoms with Crippen molar-refractivity contribution in [1.82, 2.24) is 5.32 Å². The lowest BCUT2D eigenvalue weighted by atomic mass is 10.1. The molecule has 8 heteroatoms. The number of nitrogens with one attached hydrogen (secondary N) is 1. The van der Waals surface area contributed by atoms with Crippen LogP contribution in [0, 0.1) is 0 Å². The van der Waals surface area contributed by atoms with E-state index in [1.165, 1.54) is 12.1 Å². The quantitative estimate of drug-likeness (QED) is 0.490. The van der Waals surface area contributed by atoms with Gasteiger partial charge in [-0.2, -0.15) is 0 Å². The molecule has 0 aliphatic heterocycles. The van der Waals surface area contributed by atoms with Crippen LogP contribution < -0.4 is 14.4 Å². The van der Waals surface area contributed by atoms with E-state index < -0.39 is 15.9 Å². The number of carbonyl (C=O) groups is 1. The first-order valence-electron chi connectivity index (χ1n) is 9.58. The van der Waals surface area contributed by atoms with Crippen LogP contribution in [-0.2, 0) is 14.8 Å². The van der Waals surface area contributed by atoms with Gasteiger partial charge < -0.3 is 10.1 Å². The van der Waals surface area contributed by atoms with Gasteiger partial charge in [-0.25, -0.2) is 8.42 Å². The van der Waals surface area contributed by atoms with E-state index in [1.807, 2.05) is 31.2 Å². The number of rotatable bonds is 8. The highest BCUT2D eigenvalue weighted by Gasteiger charge is 2.28. The molecule has 0 fully saturated rings. The number of benzene rings is 3. The van der Waals surface area contributed by atoms with E-state index in [1.54, 1.807) is 49.6 Å². The molecule has 0 radical (unpaired) electrons. The Balaban J connectivity index is 1.89. The molecule has 0 saturated carbocycles. The van der Waals surface area contributed by atoms with E-state index in [9.17, 15) is 13.2 Å². The molecule has 0 aromatic heterocycles. The topological polar surface area (TPSA) is 75.7 Å². The Morgan fingerprint density at radius 3 is 2.39 bits per heavy atom. The summed E-state index contributed by atoms with van der Waals surface area (Å²) >= 11 is 3.37. The van der Waals surface area contributed by atoms with Crippen molar-refractivity contribution in [3.05, 3.63) is 88.9 Å². The number of carbonyl (C=O) groups excluding carboxylic acids is 1. The largest absolute Gasteiger partial charge is 0.496 e. The van der Waals surface area contributed by atoms with E-state index in [-0.39, 0.29) is 17.5 Å². The minimum Gasteiger partial charge on any atom is -0.496 e. The number of halogens is 1. The van der Waals surface area contributed by atoms with E-state index in [2.05, 4.69) is 21.2 Å². The third-order valence-electron chi connectivity index (χ3n) is 4.70. The molecule has 0 saturated heterocycles. The van der Waals surface area contributed by atoms with E-state index in [0.717, 1.165) is 9.87 Å². The average molecular weight is 503 g/mol. The molecule has 0 aliphatic carbocycles. The number of para-hydroxylation sites is 1. The SMILES string of the molecule is COc1ccccc1[C@@H](C)NC(=O)CN(c1cccc(Br)c1)S(=O)(=O)c1ccccc1. The van der Waals surface area contributed by atoms with Crippen LogP contribution in [0.2, 0.25) is 0 Å². The monoisotopic (exact) mass is 502 g/mol. The van der Waals surface area contributed by atoms with Crippen molar-refractivity contribution in [1.29, 1.82) is 0 Å². The Morgan fingerprint density at radius 2 is 1.71 bits per heavy atom. The average Bonchev–Trinajstić information content (AvgIpc) is 2.77. The molecule has 1 atom stereocenters. The van der Waals surface area contributed by atoms with Crippen LogP contribution in [0.1, 0.15) is 18.5 Å². The van der Waals surface area contributed by atoms with Gasteiger partial charge in [0.25, 0.3) is 10.0 Å². The zero-order valence-electron chi connectivity index (χ0n) is 17.2. The van der Waals surface area contributed by atoms with Crippen LogP contribution >= 0.6 is 15.9 Å². The van der Waals surface area contributed by atoms with E-state index in [4.69, 9.17) is 4.74 Å².